The highest BCUT2D eigenvalue weighted by Gasteiger charge is 2.14. The third kappa shape index (κ3) is 4.54. The number of nitrogens with one attached hydrogen (secondary N) is 1. The van der Waals surface area contributed by atoms with Crippen LogP contribution in [0.25, 0.3) is 0 Å². The summed E-state index contributed by atoms with van der Waals surface area (Å²) in [5.41, 5.74) is 1.01. The number of halogens is 1. The first-order valence-corrected chi connectivity index (χ1v) is 7.87. The first-order chi connectivity index (χ1) is 8.33. The van der Waals surface area contributed by atoms with E-state index in [9.17, 15) is 13.2 Å². The number of aliphatic carboxylic acids is 1. The fourth-order valence-corrected chi connectivity index (χ4v) is 3.10. The van der Waals surface area contributed by atoms with Crippen molar-refractivity contribution in [2.45, 2.75) is 24.7 Å². The van der Waals surface area contributed by atoms with Gasteiger partial charge >= 0.3 is 5.97 Å². The Bertz CT molecular complexity index is 542. The molecule has 0 atom stereocenters. The number of carboxylic acids is 1. The smallest absolute Gasteiger partial charge is 0.303 e. The van der Waals surface area contributed by atoms with Gasteiger partial charge in [0.25, 0.3) is 0 Å². The van der Waals surface area contributed by atoms with Gasteiger partial charge in [0.2, 0.25) is 10.0 Å². The van der Waals surface area contributed by atoms with Crippen LogP contribution in [0.3, 0.4) is 0 Å². The predicted molar refractivity (Wildman–Crippen MR) is 76.0 cm³/mol. The third-order valence-corrected chi connectivity index (χ3v) is 4.93. The lowest BCUT2D eigenvalue weighted by molar-refractivity contribution is -0.137. The standard InChI is InChI=1S/C11H14INO4S/c1-8-4-5-9(7-10(8)12)18(16,17)13-6-2-3-11(14)15/h4-5,7,13H,2-3,6H2,1H3,(H,14,15). The number of sulfonamides is 1. The Labute approximate surface area is 120 Å². The fourth-order valence-electron chi connectivity index (χ4n) is 1.27. The summed E-state index contributed by atoms with van der Waals surface area (Å²) >= 11 is 2.07. The van der Waals surface area contributed by atoms with Gasteiger partial charge in [0.15, 0.2) is 0 Å². The number of carboxylic acid groups (broad SMARTS) is 1. The van der Waals surface area contributed by atoms with Crippen molar-refractivity contribution in [1.82, 2.24) is 4.72 Å². The molecule has 0 aliphatic rings. The summed E-state index contributed by atoms with van der Waals surface area (Å²) in [6.07, 6.45) is 0.228. The van der Waals surface area contributed by atoms with E-state index in [2.05, 4.69) is 27.3 Å². The molecule has 0 aliphatic carbocycles. The minimum absolute atomic E-state index is 0.0477. The molecule has 1 aromatic carbocycles. The Balaban J connectivity index is 2.68. The second kappa shape index (κ2) is 6.48. The van der Waals surface area contributed by atoms with Gasteiger partial charge in [0.1, 0.15) is 0 Å². The molecule has 0 bridgehead atoms. The first-order valence-electron chi connectivity index (χ1n) is 5.30. The Morgan fingerprint density at radius 3 is 2.67 bits per heavy atom. The summed E-state index contributed by atoms with van der Waals surface area (Å²) in [7, 11) is -3.55. The highest BCUT2D eigenvalue weighted by Crippen LogP contribution is 2.17. The second-order valence-electron chi connectivity index (χ2n) is 3.81. The molecule has 0 heterocycles. The minimum Gasteiger partial charge on any atom is -0.481 e. The summed E-state index contributed by atoms with van der Waals surface area (Å²) < 4.78 is 27.0. The zero-order chi connectivity index (χ0) is 13.8. The van der Waals surface area contributed by atoms with Gasteiger partial charge in [-0.3, -0.25) is 4.79 Å². The zero-order valence-electron chi connectivity index (χ0n) is 9.81. The van der Waals surface area contributed by atoms with Crippen LogP contribution in [-0.4, -0.2) is 26.0 Å². The van der Waals surface area contributed by atoms with Crippen LogP contribution >= 0.6 is 22.6 Å². The summed E-state index contributed by atoms with van der Waals surface area (Å²) in [4.78, 5) is 10.5. The lowest BCUT2D eigenvalue weighted by atomic mass is 10.2. The van der Waals surface area contributed by atoms with Crippen LogP contribution < -0.4 is 4.72 Å². The van der Waals surface area contributed by atoms with Crippen molar-refractivity contribution >= 4 is 38.6 Å². The summed E-state index contributed by atoms with van der Waals surface area (Å²) in [5.74, 6) is -0.931. The van der Waals surface area contributed by atoms with E-state index in [1.807, 2.05) is 6.92 Å². The molecule has 5 nitrogen and oxygen atoms in total. The van der Waals surface area contributed by atoms with Gasteiger partial charge in [0.05, 0.1) is 4.90 Å². The second-order valence-corrected chi connectivity index (χ2v) is 6.74. The van der Waals surface area contributed by atoms with Gasteiger partial charge < -0.3 is 5.11 Å². The van der Waals surface area contributed by atoms with E-state index in [4.69, 9.17) is 5.11 Å². The molecule has 0 fully saturated rings. The van der Waals surface area contributed by atoms with Crippen LogP contribution in [0.1, 0.15) is 18.4 Å². The molecule has 1 rings (SSSR count). The lowest BCUT2D eigenvalue weighted by Crippen LogP contribution is -2.25. The van der Waals surface area contributed by atoms with Crippen LogP contribution in [0.15, 0.2) is 23.1 Å². The topological polar surface area (TPSA) is 83.5 Å². The van der Waals surface area contributed by atoms with Crippen molar-refractivity contribution in [2.24, 2.45) is 0 Å². The van der Waals surface area contributed by atoms with Crippen molar-refractivity contribution in [3.8, 4) is 0 Å². The molecule has 0 saturated heterocycles. The maximum absolute atomic E-state index is 11.9. The molecule has 0 aliphatic heterocycles. The molecular weight excluding hydrogens is 369 g/mol. The molecule has 18 heavy (non-hydrogen) atoms. The number of benzene rings is 1. The maximum Gasteiger partial charge on any atom is 0.303 e. The van der Waals surface area contributed by atoms with Gasteiger partial charge in [-0.15, -0.1) is 0 Å². The average Bonchev–Trinajstić information content (AvgIpc) is 2.28. The molecule has 0 radical (unpaired) electrons. The highest BCUT2D eigenvalue weighted by molar-refractivity contribution is 14.1. The van der Waals surface area contributed by atoms with E-state index in [1.165, 1.54) is 6.07 Å². The van der Waals surface area contributed by atoms with E-state index < -0.39 is 16.0 Å². The normalized spacial score (nSPS) is 11.4. The maximum atomic E-state index is 11.9. The molecule has 0 aromatic heterocycles. The molecule has 1 aromatic rings. The van der Waals surface area contributed by atoms with E-state index in [1.54, 1.807) is 12.1 Å². The Kier molecular flexibility index (Phi) is 5.54. The van der Waals surface area contributed by atoms with Crippen LogP contribution in [0.4, 0.5) is 0 Å². The Morgan fingerprint density at radius 2 is 2.11 bits per heavy atom. The zero-order valence-corrected chi connectivity index (χ0v) is 12.8. The van der Waals surface area contributed by atoms with Crippen molar-refractivity contribution in [3.63, 3.8) is 0 Å². The quantitative estimate of drug-likeness (QED) is 0.579. The monoisotopic (exact) mass is 383 g/mol. The van der Waals surface area contributed by atoms with Crippen molar-refractivity contribution < 1.29 is 18.3 Å². The van der Waals surface area contributed by atoms with Crippen molar-refractivity contribution in [1.29, 1.82) is 0 Å². The van der Waals surface area contributed by atoms with Crippen LogP contribution in [0, 0.1) is 10.5 Å². The summed E-state index contributed by atoms with van der Waals surface area (Å²) in [6.45, 7) is 2.03. The van der Waals surface area contributed by atoms with Crippen molar-refractivity contribution in [3.05, 3.63) is 27.3 Å². The van der Waals surface area contributed by atoms with Crippen LogP contribution in [0.5, 0.6) is 0 Å². The Morgan fingerprint density at radius 1 is 1.44 bits per heavy atom. The number of rotatable bonds is 6. The van der Waals surface area contributed by atoms with Gasteiger partial charge in [-0.25, -0.2) is 13.1 Å². The van der Waals surface area contributed by atoms with Crippen LogP contribution in [0.2, 0.25) is 0 Å². The summed E-state index contributed by atoms with van der Waals surface area (Å²) in [6, 6.07) is 4.88. The predicted octanol–water partition coefficient (Wildman–Crippen LogP) is 1.74. The number of hydrogen-bond donors (Lipinski definition) is 2. The van der Waals surface area contributed by atoms with Gasteiger partial charge in [0, 0.05) is 16.5 Å². The molecule has 0 spiro atoms. The minimum atomic E-state index is -3.55. The van der Waals surface area contributed by atoms with Crippen LogP contribution in [-0.2, 0) is 14.8 Å². The van der Waals surface area contributed by atoms with Gasteiger partial charge in [-0.05, 0) is 53.6 Å². The molecule has 2 N–H and O–H groups in total. The van der Waals surface area contributed by atoms with Gasteiger partial charge in [-0.1, -0.05) is 6.07 Å². The average molecular weight is 383 g/mol. The molecular formula is C11H14INO4S. The fraction of sp³-hybridized carbons (Fsp3) is 0.364. The highest BCUT2D eigenvalue weighted by atomic mass is 127. The molecule has 100 valence electrons. The number of hydrogen-bond acceptors (Lipinski definition) is 3. The molecule has 7 heteroatoms. The van der Waals surface area contributed by atoms with Crippen molar-refractivity contribution in [2.75, 3.05) is 6.54 Å². The van der Waals surface area contributed by atoms with E-state index in [-0.39, 0.29) is 24.3 Å². The van der Waals surface area contributed by atoms with Gasteiger partial charge in [-0.2, -0.15) is 0 Å². The molecule has 0 saturated carbocycles. The molecule has 0 unspecified atom stereocenters. The Hall–Kier alpha value is -0.670. The lowest BCUT2D eigenvalue weighted by Gasteiger charge is -2.07. The SMILES string of the molecule is Cc1ccc(S(=O)(=O)NCCCC(=O)O)cc1I. The largest absolute Gasteiger partial charge is 0.481 e. The third-order valence-electron chi connectivity index (χ3n) is 2.31. The summed E-state index contributed by atoms with van der Waals surface area (Å²) in [5, 5.41) is 8.45. The molecule has 0 amide bonds. The van der Waals surface area contributed by atoms with E-state index in [0.29, 0.717) is 0 Å². The number of aryl methyl sites for hydroxylation is 1. The van der Waals surface area contributed by atoms with E-state index in [0.717, 1.165) is 9.13 Å². The first kappa shape index (κ1) is 15.4. The van der Waals surface area contributed by atoms with E-state index >= 15 is 0 Å². The number of carbonyl (C=O) groups is 1.